The predicted octanol–water partition coefficient (Wildman–Crippen LogP) is 8.62. The van der Waals surface area contributed by atoms with Crippen molar-refractivity contribution < 1.29 is 18.4 Å². The molecule has 0 bridgehead atoms. The van der Waals surface area contributed by atoms with E-state index in [0.717, 1.165) is 25.7 Å². The smallest absolute Gasteiger partial charge is 0.457 e. The van der Waals surface area contributed by atoms with Crippen molar-refractivity contribution in [2.75, 3.05) is 0 Å². The minimum atomic E-state index is -2.72. The highest BCUT2D eigenvalue weighted by Gasteiger charge is 2.33. The average Bonchev–Trinajstić information content (AvgIpc) is 2.70. The molecule has 31 heavy (non-hydrogen) atoms. The van der Waals surface area contributed by atoms with Crippen LogP contribution in [0.3, 0.4) is 0 Å². The van der Waals surface area contributed by atoms with Gasteiger partial charge in [0.05, 0.1) is 0 Å². The maximum absolute atomic E-state index is 12.1. The fourth-order valence-electron chi connectivity index (χ4n) is 3.83. The van der Waals surface area contributed by atoms with Crippen LogP contribution in [0.15, 0.2) is 0 Å². The number of hydrogen-bond donors (Lipinski definition) is 0. The van der Waals surface area contributed by atoms with Crippen molar-refractivity contribution in [1.82, 2.24) is 0 Å². The highest BCUT2D eigenvalue weighted by Crippen LogP contribution is 2.15. The first kappa shape index (κ1) is 30.2. The minimum Gasteiger partial charge on any atom is -0.485 e. The maximum Gasteiger partial charge on any atom is 0.457 e. The Bertz CT molecular complexity index is 399. The molecule has 0 saturated heterocycles. The molecule has 0 aromatic rings. The molecule has 0 saturated carbocycles. The van der Waals surface area contributed by atoms with Crippen LogP contribution in [0.1, 0.15) is 142 Å². The van der Waals surface area contributed by atoms with Gasteiger partial charge in [-0.05, 0) is 12.8 Å². The Morgan fingerprint density at radius 3 is 1.03 bits per heavy atom. The van der Waals surface area contributed by atoms with Gasteiger partial charge in [0, 0.05) is 25.9 Å². The summed E-state index contributed by atoms with van der Waals surface area (Å²) in [5.41, 5.74) is 0. The summed E-state index contributed by atoms with van der Waals surface area (Å²) in [6.45, 7) is 8.05. The second-order valence-corrected chi connectivity index (χ2v) is 12.7. The summed E-state index contributed by atoms with van der Waals surface area (Å²) in [4.78, 5) is 24.2. The predicted molar refractivity (Wildman–Crippen MR) is 133 cm³/mol. The number of unbranched alkanes of at least 4 members (excludes halogenated alkanes) is 16. The second-order valence-electron chi connectivity index (χ2n) is 9.50. The summed E-state index contributed by atoms with van der Waals surface area (Å²) >= 11 is 0. The van der Waals surface area contributed by atoms with E-state index >= 15 is 0 Å². The van der Waals surface area contributed by atoms with E-state index in [2.05, 4.69) is 13.8 Å². The van der Waals surface area contributed by atoms with Crippen LogP contribution < -0.4 is 0 Å². The van der Waals surface area contributed by atoms with E-state index in [1.165, 1.54) is 89.9 Å². The van der Waals surface area contributed by atoms with Crippen molar-refractivity contribution in [2.45, 2.75) is 155 Å². The van der Waals surface area contributed by atoms with E-state index in [-0.39, 0.29) is 11.9 Å². The average molecular weight is 457 g/mol. The maximum atomic E-state index is 12.1. The van der Waals surface area contributed by atoms with Crippen molar-refractivity contribution in [3.63, 3.8) is 0 Å². The summed E-state index contributed by atoms with van der Waals surface area (Å²) in [7, 11) is -2.72. The molecule has 0 fully saturated rings. The first-order chi connectivity index (χ1) is 14.9. The van der Waals surface area contributed by atoms with Crippen LogP contribution in [0.25, 0.3) is 0 Å². The van der Waals surface area contributed by atoms with Crippen LogP contribution in [0, 0.1) is 0 Å². The number of rotatable bonds is 22. The van der Waals surface area contributed by atoms with Gasteiger partial charge in [-0.2, -0.15) is 0 Å². The van der Waals surface area contributed by atoms with Gasteiger partial charge in [0.25, 0.3) is 11.9 Å². The van der Waals surface area contributed by atoms with Gasteiger partial charge in [-0.3, -0.25) is 9.59 Å². The van der Waals surface area contributed by atoms with Gasteiger partial charge in [0.1, 0.15) is 0 Å². The number of carbonyl (C=O) groups is 2. The van der Waals surface area contributed by atoms with Crippen LogP contribution >= 0.6 is 0 Å². The molecule has 0 aliphatic carbocycles. The molecule has 0 aromatic carbocycles. The Kier molecular flexibility index (Phi) is 20.5. The van der Waals surface area contributed by atoms with Crippen LogP contribution in [0.5, 0.6) is 0 Å². The first-order valence-corrected chi connectivity index (χ1v) is 16.2. The van der Waals surface area contributed by atoms with E-state index in [1.807, 2.05) is 0 Å². The van der Waals surface area contributed by atoms with Crippen molar-refractivity contribution in [2.24, 2.45) is 0 Å². The second kappa shape index (κ2) is 21.0. The standard InChI is InChI=1S/C26H52O4Si/c1-5-7-9-11-13-15-17-19-21-23-25(27)29-31(3,4)30-26(28)24-22-20-18-16-14-12-10-8-6-2/h5-24H2,1-4H3. The van der Waals surface area contributed by atoms with Crippen LogP contribution in [0.4, 0.5) is 0 Å². The lowest BCUT2D eigenvalue weighted by atomic mass is 10.1. The number of hydrogen-bond acceptors (Lipinski definition) is 4. The van der Waals surface area contributed by atoms with Gasteiger partial charge in [0.2, 0.25) is 0 Å². The summed E-state index contributed by atoms with van der Waals surface area (Å²) in [6, 6.07) is 0. The molecule has 0 atom stereocenters. The quantitative estimate of drug-likeness (QED) is 0.121. The molecule has 5 heteroatoms. The van der Waals surface area contributed by atoms with E-state index < -0.39 is 8.56 Å². The Morgan fingerprint density at radius 2 is 0.742 bits per heavy atom. The van der Waals surface area contributed by atoms with Crippen LogP contribution in [-0.4, -0.2) is 20.5 Å². The van der Waals surface area contributed by atoms with E-state index in [0.29, 0.717) is 12.8 Å². The van der Waals surface area contributed by atoms with E-state index in [4.69, 9.17) is 8.85 Å². The molecule has 0 rings (SSSR count). The van der Waals surface area contributed by atoms with E-state index in [9.17, 15) is 9.59 Å². The van der Waals surface area contributed by atoms with Crippen molar-refractivity contribution >= 4 is 20.5 Å². The lowest BCUT2D eigenvalue weighted by Crippen LogP contribution is -2.39. The zero-order chi connectivity index (χ0) is 23.2. The number of carbonyl (C=O) groups excluding carboxylic acids is 2. The zero-order valence-corrected chi connectivity index (χ0v) is 22.3. The molecule has 0 amide bonds. The van der Waals surface area contributed by atoms with Crippen molar-refractivity contribution in [3.8, 4) is 0 Å². The Hall–Kier alpha value is -0.843. The Labute approximate surface area is 194 Å². The van der Waals surface area contributed by atoms with Crippen molar-refractivity contribution in [1.29, 1.82) is 0 Å². The van der Waals surface area contributed by atoms with Gasteiger partial charge >= 0.3 is 8.56 Å². The molecule has 0 aliphatic rings. The highest BCUT2D eigenvalue weighted by atomic mass is 28.4. The minimum absolute atomic E-state index is 0.213. The zero-order valence-electron chi connectivity index (χ0n) is 21.3. The Balaban J connectivity index is 3.67. The molecule has 0 unspecified atom stereocenters. The SMILES string of the molecule is CCCCCCCCCCCC(=O)O[Si](C)(C)OC(=O)CCCCCCCCCCC. The summed E-state index contributed by atoms with van der Waals surface area (Å²) < 4.78 is 11.1. The van der Waals surface area contributed by atoms with Gasteiger partial charge in [-0.15, -0.1) is 0 Å². The molecular weight excluding hydrogens is 404 g/mol. The third kappa shape index (κ3) is 22.2. The largest absolute Gasteiger partial charge is 0.485 e. The molecule has 0 aliphatic heterocycles. The molecular formula is C26H52O4Si. The molecule has 4 nitrogen and oxygen atoms in total. The lowest BCUT2D eigenvalue weighted by Gasteiger charge is -2.22. The Morgan fingerprint density at radius 1 is 0.484 bits per heavy atom. The molecule has 0 radical (unpaired) electrons. The first-order valence-electron chi connectivity index (χ1n) is 13.3. The fourth-order valence-corrected chi connectivity index (χ4v) is 5.17. The highest BCUT2D eigenvalue weighted by molar-refractivity contribution is 6.67. The monoisotopic (exact) mass is 456 g/mol. The summed E-state index contributed by atoms with van der Waals surface area (Å²) in [6.07, 6.45) is 22.9. The van der Waals surface area contributed by atoms with Gasteiger partial charge in [-0.1, -0.05) is 117 Å². The summed E-state index contributed by atoms with van der Waals surface area (Å²) in [5.74, 6) is -0.425. The third-order valence-electron chi connectivity index (χ3n) is 5.69. The summed E-state index contributed by atoms with van der Waals surface area (Å²) in [5, 5.41) is 0. The normalized spacial score (nSPS) is 11.5. The molecule has 0 N–H and O–H groups in total. The lowest BCUT2D eigenvalue weighted by molar-refractivity contribution is -0.141. The van der Waals surface area contributed by atoms with Gasteiger partial charge < -0.3 is 8.85 Å². The van der Waals surface area contributed by atoms with Crippen molar-refractivity contribution in [3.05, 3.63) is 0 Å². The van der Waals surface area contributed by atoms with Gasteiger partial charge in [0.15, 0.2) is 0 Å². The van der Waals surface area contributed by atoms with E-state index in [1.54, 1.807) is 13.1 Å². The van der Waals surface area contributed by atoms with Crippen LogP contribution in [0.2, 0.25) is 13.1 Å². The fraction of sp³-hybridized carbons (Fsp3) is 0.923. The topological polar surface area (TPSA) is 52.6 Å². The van der Waals surface area contributed by atoms with Gasteiger partial charge in [-0.25, -0.2) is 0 Å². The molecule has 0 heterocycles. The molecule has 184 valence electrons. The van der Waals surface area contributed by atoms with Crippen LogP contribution in [-0.2, 0) is 18.4 Å². The molecule has 0 aromatic heterocycles. The third-order valence-corrected chi connectivity index (χ3v) is 7.13. The molecule has 0 spiro atoms.